The standard InChI is InChI=1S/C15H20O2/c1-10-5-6-13(14(17-4)11(10)2)15(3)8-7-12(16)9-15/h5-6H,7-9H2,1-4H3. The van der Waals surface area contributed by atoms with Gasteiger partial charge in [-0.25, -0.2) is 0 Å². The molecule has 0 aliphatic heterocycles. The summed E-state index contributed by atoms with van der Waals surface area (Å²) in [5.41, 5.74) is 3.57. The highest BCUT2D eigenvalue weighted by atomic mass is 16.5. The van der Waals surface area contributed by atoms with Gasteiger partial charge in [0.2, 0.25) is 0 Å². The Morgan fingerprint density at radius 3 is 2.53 bits per heavy atom. The number of ether oxygens (including phenoxy) is 1. The molecule has 0 bridgehead atoms. The highest BCUT2D eigenvalue weighted by Crippen LogP contribution is 2.44. The van der Waals surface area contributed by atoms with Crippen LogP contribution in [0.3, 0.4) is 0 Å². The molecular formula is C15H20O2. The van der Waals surface area contributed by atoms with Crippen LogP contribution in [0.15, 0.2) is 12.1 Å². The molecule has 1 aromatic carbocycles. The van der Waals surface area contributed by atoms with Crippen molar-refractivity contribution < 1.29 is 9.53 Å². The zero-order valence-corrected chi connectivity index (χ0v) is 11.1. The van der Waals surface area contributed by atoms with E-state index in [9.17, 15) is 4.79 Å². The molecule has 1 aromatic rings. The van der Waals surface area contributed by atoms with E-state index < -0.39 is 0 Å². The molecule has 1 unspecified atom stereocenters. The van der Waals surface area contributed by atoms with E-state index in [1.165, 1.54) is 16.7 Å². The number of carbonyl (C=O) groups excluding carboxylic acids is 1. The lowest BCUT2D eigenvalue weighted by atomic mass is 9.79. The maximum absolute atomic E-state index is 11.5. The van der Waals surface area contributed by atoms with Crippen LogP contribution >= 0.6 is 0 Å². The van der Waals surface area contributed by atoms with Gasteiger partial charge < -0.3 is 4.74 Å². The highest BCUT2D eigenvalue weighted by molar-refractivity contribution is 5.83. The molecule has 0 N–H and O–H groups in total. The minimum Gasteiger partial charge on any atom is -0.496 e. The lowest BCUT2D eigenvalue weighted by Gasteiger charge is -2.27. The van der Waals surface area contributed by atoms with Gasteiger partial charge in [0.25, 0.3) is 0 Å². The molecule has 0 amide bonds. The normalized spacial score (nSPS) is 24.1. The van der Waals surface area contributed by atoms with Gasteiger partial charge in [-0.05, 0) is 31.4 Å². The molecule has 1 atom stereocenters. The van der Waals surface area contributed by atoms with Gasteiger partial charge in [-0.3, -0.25) is 4.79 Å². The van der Waals surface area contributed by atoms with Gasteiger partial charge in [0.15, 0.2) is 0 Å². The summed E-state index contributed by atoms with van der Waals surface area (Å²) in [4.78, 5) is 11.5. The van der Waals surface area contributed by atoms with E-state index in [4.69, 9.17) is 4.74 Å². The Morgan fingerprint density at radius 1 is 1.29 bits per heavy atom. The highest BCUT2D eigenvalue weighted by Gasteiger charge is 2.37. The Morgan fingerprint density at radius 2 is 2.00 bits per heavy atom. The lowest BCUT2D eigenvalue weighted by Crippen LogP contribution is -2.19. The SMILES string of the molecule is COc1c(C2(C)CCC(=O)C2)ccc(C)c1C. The smallest absolute Gasteiger partial charge is 0.133 e. The van der Waals surface area contributed by atoms with E-state index in [1.54, 1.807) is 7.11 Å². The van der Waals surface area contributed by atoms with E-state index >= 15 is 0 Å². The maximum Gasteiger partial charge on any atom is 0.133 e. The van der Waals surface area contributed by atoms with Crippen molar-refractivity contribution in [3.8, 4) is 5.75 Å². The van der Waals surface area contributed by atoms with Crippen LogP contribution in [-0.4, -0.2) is 12.9 Å². The molecule has 0 saturated heterocycles. The molecule has 1 aliphatic rings. The van der Waals surface area contributed by atoms with E-state index in [0.717, 1.165) is 12.2 Å². The molecule has 0 aromatic heterocycles. The number of methoxy groups -OCH3 is 1. The number of rotatable bonds is 2. The summed E-state index contributed by atoms with van der Waals surface area (Å²) in [7, 11) is 1.71. The number of hydrogen-bond acceptors (Lipinski definition) is 2. The Balaban J connectivity index is 2.52. The summed E-state index contributed by atoms with van der Waals surface area (Å²) >= 11 is 0. The summed E-state index contributed by atoms with van der Waals surface area (Å²) in [5, 5.41) is 0. The summed E-state index contributed by atoms with van der Waals surface area (Å²) in [5.74, 6) is 1.33. The van der Waals surface area contributed by atoms with Crippen LogP contribution in [0.25, 0.3) is 0 Å². The monoisotopic (exact) mass is 232 g/mol. The summed E-state index contributed by atoms with van der Waals surface area (Å²) in [6.45, 7) is 6.34. The molecule has 0 heterocycles. The molecular weight excluding hydrogens is 212 g/mol. The van der Waals surface area contributed by atoms with Crippen LogP contribution in [0, 0.1) is 13.8 Å². The first-order valence-electron chi connectivity index (χ1n) is 6.14. The largest absolute Gasteiger partial charge is 0.496 e. The quantitative estimate of drug-likeness (QED) is 0.782. The minimum absolute atomic E-state index is 0.0408. The van der Waals surface area contributed by atoms with Crippen LogP contribution in [0.5, 0.6) is 5.75 Å². The van der Waals surface area contributed by atoms with Crippen LogP contribution in [0.2, 0.25) is 0 Å². The fraction of sp³-hybridized carbons (Fsp3) is 0.533. The number of benzene rings is 1. The van der Waals surface area contributed by atoms with E-state index in [-0.39, 0.29) is 5.41 Å². The number of carbonyl (C=O) groups is 1. The molecule has 1 aliphatic carbocycles. The second kappa shape index (κ2) is 4.17. The van der Waals surface area contributed by atoms with Crippen molar-refractivity contribution in [3.63, 3.8) is 0 Å². The number of aryl methyl sites for hydroxylation is 1. The summed E-state index contributed by atoms with van der Waals surface area (Å²) in [6.07, 6.45) is 2.28. The molecule has 2 nitrogen and oxygen atoms in total. The predicted molar refractivity (Wildman–Crippen MR) is 68.7 cm³/mol. The number of ketones is 1. The van der Waals surface area contributed by atoms with E-state index in [1.807, 2.05) is 0 Å². The Kier molecular flexibility index (Phi) is 2.98. The minimum atomic E-state index is -0.0408. The van der Waals surface area contributed by atoms with Crippen molar-refractivity contribution in [1.82, 2.24) is 0 Å². The van der Waals surface area contributed by atoms with E-state index in [0.29, 0.717) is 18.6 Å². The first kappa shape index (κ1) is 12.2. The molecule has 2 rings (SSSR count). The topological polar surface area (TPSA) is 26.3 Å². The molecule has 0 spiro atoms. The molecule has 1 saturated carbocycles. The van der Waals surface area contributed by atoms with Crippen LogP contribution < -0.4 is 4.74 Å². The third-order valence-corrected chi connectivity index (χ3v) is 4.07. The van der Waals surface area contributed by atoms with Crippen molar-refractivity contribution in [2.75, 3.05) is 7.11 Å². The van der Waals surface area contributed by atoms with Crippen molar-refractivity contribution in [2.24, 2.45) is 0 Å². The summed E-state index contributed by atoms with van der Waals surface area (Å²) in [6, 6.07) is 4.25. The van der Waals surface area contributed by atoms with Crippen molar-refractivity contribution >= 4 is 5.78 Å². The van der Waals surface area contributed by atoms with Crippen molar-refractivity contribution in [2.45, 2.75) is 45.4 Å². The van der Waals surface area contributed by atoms with Gasteiger partial charge >= 0.3 is 0 Å². The Bertz CT molecular complexity index is 462. The van der Waals surface area contributed by atoms with Crippen molar-refractivity contribution in [3.05, 3.63) is 28.8 Å². The fourth-order valence-electron chi connectivity index (χ4n) is 2.79. The third kappa shape index (κ3) is 1.97. The zero-order chi connectivity index (χ0) is 12.6. The van der Waals surface area contributed by atoms with Gasteiger partial charge in [0.1, 0.15) is 11.5 Å². The predicted octanol–water partition coefficient (Wildman–Crippen LogP) is 3.32. The fourth-order valence-corrected chi connectivity index (χ4v) is 2.79. The van der Waals surface area contributed by atoms with Crippen LogP contribution in [-0.2, 0) is 10.2 Å². The molecule has 2 heteroatoms. The van der Waals surface area contributed by atoms with Gasteiger partial charge in [-0.1, -0.05) is 19.1 Å². The van der Waals surface area contributed by atoms with Crippen molar-refractivity contribution in [1.29, 1.82) is 0 Å². The maximum atomic E-state index is 11.5. The van der Waals surface area contributed by atoms with Crippen LogP contribution in [0.4, 0.5) is 0 Å². The van der Waals surface area contributed by atoms with Gasteiger partial charge in [-0.2, -0.15) is 0 Å². The Labute approximate surface area is 103 Å². The third-order valence-electron chi connectivity index (χ3n) is 4.07. The average molecular weight is 232 g/mol. The van der Waals surface area contributed by atoms with E-state index in [2.05, 4.69) is 32.9 Å². The second-order valence-electron chi connectivity index (χ2n) is 5.36. The van der Waals surface area contributed by atoms with Gasteiger partial charge in [0.05, 0.1) is 7.11 Å². The molecule has 17 heavy (non-hydrogen) atoms. The number of Topliss-reactive ketones (excluding diaryl/α,β-unsaturated/α-hetero) is 1. The van der Waals surface area contributed by atoms with Crippen LogP contribution in [0.1, 0.15) is 42.9 Å². The Hall–Kier alpha value is -1.31. The zero-order valence-electron chi connectivity index (χ0n) is 11.1. The molecule has 92 valence electrons. The molecule has 1 fully saturated rings. The van der Waals surface area contributed by atoms with Gasteiger partial charge in [0, 0.05) is 23.8 Å². The first-order chi connectivity index (χ1) is 7.98. The lowest BCUT2D eigenvalue weighted by molar-refractivity contribution is -0.117. The molecule has 0 radical (unpaired) electrons. The first-order valence-corrected chi connectivity index (χ1v) is 6.14. The average Bonchev–Trinajstić information content (AvgIpc) is 2.63. The second-order valence-corrected chi connectivity index (χ2v) is 5.36. The number of hydrogen-bond donors (Lipinski definition) is 0. The van der Waals surface area contributed by atoms with Gasteiger partial charge in [-0.15, -0.1) is 0 Å². The summed E-state index contributed by atoms with van der Waals surface area (Å²) < 4.78 is 5.56.